The van der Waals surface area contributed by atoms with E-state index in [0.29, 0.717) is 24.2 Å². The van der Waals surface area contributed by atoms with Gasteiger partial charge in [-0.1, -0.05) is 18.2 Å². The van der Waals surface area contributed by atoms with Crippen molar-refractivity contribution in [3.05, 3.63) is 47.5 Å². The lowest BCUT2D eigenvalue weighted by molar-refractivity contribution is -0.137. The van der Waals surface area contributed by atoms with Crippen LogP contribution >= 0.6 is 0 Å². The molecule has 114 valence electrons. The SMILES string of the molecule is Cn1ncnc1CC(Cc1cccc(C(F)(F)F)c1)NN. The molecule has 0 aliphatic rings. The Morgan fingerprint density at radius 2 is 2.10 bits per heavy atom. The van der Waals surface area contributed by atoms with E-state index in [2.05, 4.69) is 15.5 Å². The third kappa shape index (κ3) is 4.02. The molecular formula is C13H16F3N5. The van der Waals surface area contributed by atoms with Gasteiger partial charge in [-0.05, 0) is 18.1 Å². The summed E-state index contributed by atoms with van der Waals surface area (Å²) in [5.41, 5.74) is 2.52. The normalized spacial score (nSPS) is 13.4. The van der Waals surface area contributed by atoms with Crippen molar-refractivity contribution in [2.24, 2.45) is 12.9 Å². The number of nitrogens with two attached hydrogens (primary N) is 1. The van der Waals surface area contributed by atoms with Gasteiger partial charge in [0.25, 0.3) is 0 Å². The number of hydrogen-bond acceptors (Lipinski definition) is 4. The van der Waals surface area contributed by atoms with E-state index in [-0.39, 0.29) is 6.04 Å². The molecule has 1 aromatic carbocycles. The van der Waals surface area contributed by atoms with E-state index < -0.39 is 11.7 Å². The number of alkyl halides is 3. The minimum absolute atomic E-state index is 0.226. The maximum absolute atomic E-state index is 12.7. The van der Waals surface area contributed by atoms with Crippen molar-refractivity contribution in [3.8, 4) is 0 Å². The van der Waals surface area contributed by atoms with Crippen molar-refractivity contribution in [1.29, 1.82) is 0 Å². The van der Waals surface area contributed by atoms with Crippen LogP contribution in [0.2, 0.25) is 0 Å². The highest BCUT2D eigenvalue weighted by molar-refractivity contribution is 5.26. The molecule has 0 amide bonds. The fourth-order valence-corrected chi connectivity index (χ4v) is 2.07. The number of nitrogens with zero attached hydrogens (tertiary/aromatic N) is 3. The van der Waals surface area contributed by atoms with Gasteiger partial charge in [-0.3, -0.25) is 16.0 Å². The molecule has 21 heavy (non-hydrogen) atoms. The molecule has 0 aliphatic carbocycles. The van der Waals surface area contributed by atoms with Gasteiger partial charge in [0.15, 0.2) is 0 Å². The number of nitrogens with one attached hydrogen (secondary N) is 1. The number of hydrogen-bond donors (Lipinski definition) is 2. The van der Waals surface area contributed by atoms with Crippen LogP contribution in [0.5, 0.6) is 0 Å². The van der Waals surface area contributed by atoms with E-state index in [9.17, 15) is 13.2 Å². The van der Waals surface area contributed by atoms with Gasteiger partial charge >= 0.3 is 6.18 Å². The summed E-state index contributed by atoms with van der Waals surface area (Å²) in [6, 6.07) is 5.01. The minimum Gasteiger partial charge on any atom is -0.271 e. The van der Waals surface area contributed by atoms with Crippen molar-refractivity contribution in [2.45, 2.75) is 25.1 Å². The van der Waals surface area contributed by atoms with Crippen LogP contribution in [0.1, 0.15) is 17.0 Å². The summed E-state index contributed by atoms with van der Waals surface area (Å²) in [6.45, 7) is 0. The van der Waals surface area contributed by atoms with Crippen LogP contribution in [-0.4, -0.2) is 20.8 Å². The Morgan fingerprint density at radius 1 is 1.33 bits per heavy atom. The summed E-state index contributed by atoms with van der Waals surface area (Å²) in [5, 5.41) is 3.95. The minimum atomic E-state index is -4.34. The van der Waals surface area contributed by atoms with Crippen molar-refractivity contribution in [1.82, 2.24) is 20.2 Å². The molecule has 1 heterocycles. The number of rotatable bonds is 5. The van der Waals surface area contributed by atoms with Gasteiger partial charge in [0.1, 0.15) is 12.2 Å². The summed E-state index contributed by atoms with van der Waals surface area (Å²) in [5.74, 6) is 6.19. The molecule has 8 heteroatoms. The fraction of sp³-hybridized carbons (Fsp3) is 0.385. The smallest absolute Gasteiger partial charge is 0.271 e. The molecule has 2 aromatic rings. The molecule has 0 radical (unpaired) electrons. The van der Waals surface area contributed by atoms with Crippen LogP contribution in [0.25, 0.3) is 0 Å². The summed E-state index contributed by atoms with van der Waals surface area (Å²) in [7, 11) is 1.75. The van der Waals surface area contributed by atoms with E-state index in [1.54, 1.807) is 17.8 Å². The van der Waals surface area contributed by atoms with E-state index in [1.807, 2.05) is 0 Å². The number of aryl methyl sites for hydroxylation is 1. The second-order valence-corrected chi connectivity index (χ2v) is 4.77. The van der Waals surface area contributed by atoms with Crippen molar-refractivity contribution < 1.29 is 13.2 Å². The number of hydrazine groups is 1. The number of benzene rings is 1. The van der Waals surface area contributed by atoms with Gasteiger partial charge in [0, 0.05) is 19.5 Å². The Kier molecular flexibility index (Phi) is 4.59. The maximum Gasteiger partial charge on any atom is 0.416 e. The standard InChI is InChI=1S/C13H16F3N5/c1-21-12(18-8-19-21)7-11(20-17)6-9-3-2-4-10(5-9)13(14,15)16/h2-5,8,11,20H,6-7,17H2,1H3. The van der Waals surface area contributed by atoms with E-state index in [4.69, 9.17) is 5.84 Å². The Bertz CT molecular complexity index is 593. The van der Waals surface area contributed by atoms with Gasteiger partial charge in [-0.25, -0.2) is 4.98 Å². The predicted molar refractivity (Wildman–Crippen MR) is 71.0 cm³/mol. The summed E-state index contributed by atoms with van der Waals surface area (Å²) < 4.78 is 39.7. The zero-order valence-corrected chi connectivity index (χ0v) is 11.4. The van der Waals surface area contributed by atoms with Gasteiger partial charge in [-0.15, -0.1) is 0 Å². The van der Waals surface area contributed by atoms with Gasteiger partial charge in [0.05, 0.1) is 5.56 Å². The lowest BCUT2D eigenvalue weighted by atomic mass is 10.0. The molecular weight excluding hydrogens is 283 g/mol. The highest BCUT2D eigenvalue weighted by Crippen LogP contribution is 2.29. The molecule has 0 bridgehead atoms. The van der Waals surface area contributed by atoms with E-state index >= 15 is 0 Å². The van der Waals surface area contributed by atoms with Gasteiger partial charge in [-0.2, -0.15) is 18.3 Å². The van der Waals surface area contributed by atoms with Crippen molar-refractivity contribution in [2.75, 3.05) is 0 Å². The monoisotopic (exact) mass is 299 g/mol. The highest BCUT2D eigenvalue weighted by Gasteiger charge is 2.30. The predicted octanol–water partition coefficient (Wildman–Crippen LogP) is 1.45. The zero-order valence-electron chi connectivity index (χ0n) is 11.4. The topological polar surface area (TPSA) is 68.8 Å². The van der Waals surface area contributed by atoms with Crippen LogP contribution in [0, 0.1) is 0 Å². The Morgan fingerprint density at radius 3 is 2.67 bits per heavy atom. The average Bonchev–Trinajstić information content (AvgIpc) is 2.83. The van der Waals surface area contributed by atoms with Crippen molar-refractivity contribution >= 4 is 0 Å². The molecule has 3 N–H and O–H groups in total. The molecule has 0 aliphatic heterocycles. The summed E-state index contributed by atoms with van der Waals surface area (Å²) in [6.07, 6.45) is -2.07. The van der Waals surface area contributed by atoms with E-state index in [0.717, 1.165) is 12.1 Å². The first-order valence-electron chi connectivity index (χ1n) is 6.35. The molecule has 0 fully saturated rings. The lowest BCUT2D eigenvalue weighted by Crippen LogP contribution is -2.39. The van der Waals surface area contributed by atoms with E-state index in [1.165, 1.54) is 12.4 Å². The molecule has 0 spiro atoms. The first-order chi connectivity index (χ1) is 9.90. The van der Waals surface area contributed by atoms with Crippen LogP contribution < -0.4 is 11.3 Å². The number of halogens is 3. The Hall–Kier alpha value is -1.93. The first kappa shape index (κ1) is 15.5. The van der Waals surface area contributed by atoms with Gasteiger partial charge in [0.2, 0.25) is 0 Å². The summed E-state index contributed by atoms with van der Waals surface area (Å²) >= 11 is 0. The quantitative estimate of drug-likeness (QED) is 0.648. The first-order valence-corrected chi connectivity index (χ1v) is 6.35. The van der Waals surface area contributed by atoms with Crippen molar-refractivity contribution in [3.63, 3.8) is 0 Å². The second-order valence-electron chi connectivity index (χ2n) is 4.77. The molecule has 2 rings (SSSR count). The third-order valence-electron chi connectivity index (χ3n) is 3.21. The molecule has 1 atom stereocenters. The largest absolute Gasteiger partial charge is 0.416 e. The molecule has 5 nitrogen and oxygen atoms in total. The second kappa shape index (κ2) is 6.23. The summed E-state index contributed by atoms with van der Waals surface area (Å²) in [4.78, 5) is 4.08. The van der Waals surface area contributed by atoms with Crippen LogP contribution in [0.3, 0.4) is 0 Å². The zero-order chi connectivity index (χ0) is 15.5. The molecule has 0 saturated heterocycles. The van der Waals surface area contributed by atoms with Gasteiger partial charge < -0.3 is 0 Å². The van der Waals surface area contributed by atoms with Crippen LogP contribution in [-0.2, 0) is 26.1 Å². The number of aromatic nitrogens is 3. The third-order valence-corrected chi connectivity index (χ3v) is 3.21. The molecule has 1 aromatic heterocycles. The average molecular weight is 299 g/mol. The Balaban J connectivity index is 2.10. The molecule has 1 unspecified atom stereocenters. The van der Waals surface area contributed by atoms with Crippen LogP contribution in [0.15, 0.2) is 30.6 Å². The Labute approximate surface area is 119 Å². The highest BCUT2D eigenvalue weighted by atomic mass is 19.4. The lowest BCUT2D eigenvalue weighted by Gasteiger charge is -2.16. The maximum atomic E-state index is 12.7. The van der Waals surface area contributed by atoms with Crippen LogP contribution in [0.4, 0.5) is 13.2 Å². The molecule has 0 saturated carbocycles. The fourth-order valence-electron chi connectivity index (χ4n) is 2.07.